The Morgan fingerprint density at radius 3 is 2.61 bits per heavy atom. The zero-order valence-electron chi connectivity index (χ0n) is 17.8. The second kappa shape index (κ2) is 10.6. The Morgan fingerprint density at radius 1 is 1.18 bits per heavy atom. The number of imide groups is 1. The summed E-state index contributed by atoms with van der Waals surface area (Å²) in [5.41, 5.74) is 0.977. The van der Waals surface area contributed by atoms with Gasteiger partial charge in [0.05, 0.1) is 19.9 Å². The van der Waals surface area contributed by atoms with Crippen molar-refractivity contribution in [3.63, 3.8) is 0 Å². The molecule has 0 saturated carbocycles. The van der Waals surface area contributed by atoms with Gasteiger partial charge in [0.2, 0.25) is 5.91 Å². The van der Waals surface area contributed by atoms with Gasteiger partial charge in [-0.05, 0) is 35.9 Å². The van der Waals surface area contributed by atoms with Crippen molar-refractivity contribution in [1.82, 2.24) is 10.2 Å². The first-order valence-electron chi connectivity index (χ1n) is 9.59. The number of hydrogen-bond donors (Lipinski definition) is 2. The molecular formula is C23H20BrN3O6. The molecule has 2 aromatic rings. The Kier molecular flexibility index (Phi) is 7.58. The van der Waals surface area contributed by atoms with Gasteiger partial charge in [-0.1, -0.05) is 34.0 Å². The molecule has 170 valence electrons. The molecule has 0 aliphatic carbocycles. The van der Waals surface area contributed by atoms with E-state index in [9.17, 15) is 14.4 Å². The van der Waals surface area contributed by atoms with Crippen LogP contribution in [0.5, 0.6) is 17.2 Å². The summed E-state index contributed by atoms with van der Waals surface area (Å²) in [6, 6.07) is 9.36. The van der Waals surface area contributed by atoms with Gasteiger partial charge in [0.1, 0.15) is 24.6 Å². The number of nitrogens with one attached hydrogen (secondary N) is 2. The highest BCUT2D eigenvalue weighted by Gasteiger charge is 2.35. The number of benzene rings is 2. The van der Waals surface area contributed by atoms with Crippen LogP contribution in [0.25, 0.3) is 6.08 Å². The number of para-hydroxylation sites is 2. The Balaban J connectivity index is 1.77. The van der Waals surface area contributed by atoms with Crippen molar-refractivity contribution in [1.29, 1.82) is 0 Å². The van der Waals surface area contributed by atoms with Crippen LogP contribution in [0.2, 0.25) is 0 Å². The summed E-state index contributed by atoms with van der Waals surface area (Å²) in [6.07, 6.45) is 6.69. The highest BCUT2D eigenvalue weighted by atomic mass is 79.9. The first kappa shape index (κ1) is 23.7. The fraction of sp³-hybridized carbons (Fsp3) is 0.174. The average molecular weight is 514 g/mol. The fourth-order valence-corrected chi connectivity index (χ4v) is 3.44. The van der Waals surface area contributed by atoms with Crippen molar-refractivity contribution in [2.24, 2.45) is 0 Å². The number of terminal acetylenes is 1. The van der Waals surface area contributed by atoms with Gasteiger partial charge >= 0.3 is 6.03 Å². The molecular weight excluding hydrogens is 494 g/mol. The topological polar surface area (TPSA) is 106 Å². The lowest BCUT2D eigenvalue weighted by Gasteiger charge is -2.13. The van der Waals surface area contributed by atoms with E-state index in [-0.39, 0.29) is 12.3 Å². The maximum atomic E-state index is 12.8. The SMILES string of the molecule is C#CCOc1cc(Br)c(/C=C2/NC(=O)N(CC(=O)Nc3ccccc3OC)C2=O)cc1OC. The number of carbonyl (C=O) groups excluding carboxylic acids is 3. The molecule has 1 fully saturated rings. The maximum Gasteiger partial charge on any atom is 0.329 e. The predicted molar refractivity (Wildman–Crippen MR) is 125 cm³/mol. The molecule has 0 spiro atoms. The Morgan fingerprint density at radius 2 is 1.91 bits per heavy atom. The number of anilines is 1. The van der Waals surface area contributed by atoms with Crippen LogP contribution in [-0.4, -0.2) is 50.1 Å². The first-order chi connectivity index (χ1) is 15.9. The Bertz CT molecular complexity index is 1170. The second-order valence-electron chi connectivity index (χ2n) is 6.65. The number of carbonyl (C=O) groups is 3. The van der Waals surface area contributed by atoms with Crippen molar-refractivity contribution >= 4 is 45.5 Å². The Labute approximate surface area is 198 Å². The molecule has 9 nitrogen and oxygen atoms in total. The van der Waals surface area contributed by atoms with Crippen molar-refractivity contribution in [3.05, 3.63) is 52.1 Å². The predicted octanol–water partition coefficient (Wildman–Crippen LogP) is 3.01. The molecule has 1 aliphatic rings. The summed E-state index contributed by atoms with van der Waals surface area (Å²) in [6.45, 7) is -0.410. The van der Waals surface area contributed by atoms with Crippen LogP contribution in [0.3, 0.4) is 0 Å². The number of methoxy groups -OCH3 is 2. The minimum Gasteiger partial charge on any atom is -0.495 e. The zero-order valence-corrected chi connectivity index (χ0v) is 19.4. The van der Waals surface area contributed by atoms with E-state index >= 15 is 0 Å². The van der Waals surface area contributed by atoms with Gasteiger partial charge in [-0.15, -0.1) is 6.42 Å². The average Bonchev–Trinajstić information content (AvgIpc) is 3.06. The summed E-state index contributed by atoms with van der Waals surface area (Å²) >= 11 is 3.41. The van der Waals surface area contributed by atoms with E-state index in [2.05, 4.69) is 32.5 Å². The van der Waals surface area contributed by atoms with Gasteiger partial charge in [0.15, 0.2) is 11.5 Å². The van der Waals surface area contributed by atoms with E-state index in [1.807, 2.05) is 0 Å². The van der Waals surface area contributed by atoms with E-state index < -0.39 is 24.4 Å². The highest BCUT2D eigenvalue weighted by molar-refractivity contribution is 9.10. The van der Waals surface area contributed by atoms with E-state index in [0.29, 0.717) is 33.0 Å². The number of amides is 4. The number of nitrogens with zero attached hydrogens (tertiary/aromatic N) is 1. The molecule has 0 unspecified atom stereocenters. The molecule has 4 amide bonds. The maximum absolute atomic E-state index is 12.8. The number of urea groups is 1. The molecule has 0 bridgehead atoms. The van der Waals surface area contributed by atoms with Crippen molar-refractivity contribution in [2.75, 3.05) is 32.7 Å². The molecule has 2 N–H and O–H groups in total. The smallest absolute Gasteiger partial charge is 0.329 e. The van der Waals surface area contributed by atoms with E-state index in [1.165, 1.54) is 20.3 Å². The standard InChI is InChI=1S/C23H20BrN3O6/c1-4-9-33-20-12-15(24)14(11-19(20)32-3)10-17-22(29)27(23(30)26-17)13-21(28)25-16-7-5-6-8-18(16)31-2/h1,5-8,10-12H,9,13H2,2-3H3,(H,25,28)(H,26,30)/b17-10+. The molecule has 1 aliphatic heterocycles. The summed E-state index contributed by atoms with van der Waals surface area (Å²) in [7, 11) is 2.94. The lowest BCUT2D eigenvalue weighted by Crippen LogP contribution is -2.38. The van der Waals surface area contributed by atoms with Crippen LogP contribution in [0.15, 0.2) is 46.6 Å². The first-order valence-corrected chi connectivity index (χ1v) is 10.4. The lowest BCUT2D eigenvalue weighted by atomic mass is 10.1. The molecule has 1 heterocycles. The van der Waals surface area contributed by atoms with Crippen LogP contribution in [0, 0.1) is 12.3 Å². The molecule has 0 radical (unpaired) electrons. The highest BCUT2D eigenvalue weighted by Crippen LogP contribution is 2.35. The third kappa shape index (κ3) is 5.45. The van der Waals surface area contributed by atoms with Crippen LogP contribution in [0.4, 0.5) is 10.5 Å². The quantitative estimate of drug-likeness (QED) is 0.319. The second-order valence-corrected chi connectivity index (χ2v) is 7.50. The van der Waals surface area contributed by atoms with Gasteiger partial charge in [0.25, 0.3) is 5.91 Å². The van der Waals surface area contributed by atoms with Gasteiger partial charge in [0, 0.05) is 4.47 Å². The van der Waals surface area contributed by atoms with E-state index in [1.54, 1.807) is 36.4 Å². The summed E-state index contributed by atoms with van der Waals surface area (Å²) in [5.74, 6) is 2.44. The molecule has 0 aromatic heterocycles. The number of rotatable bonds is 8. The van der Waals surface area contributed by atoms with Crippen LogP contribution < -0.4 is 24.8 Å². The van der Waals surface area contributed by atoms with Crippen LogP contribution in [-0.2, 0) is 9.59 Å². The molecule has 3 rings (SSSR count). The van der Waals surface area contributed by atoms with Gasteiger partial charge < -0.3 is 24.8 Å². The number of ether oxygens (including phenoxy) is 3. The fourth-order valence-electron chi connectivity index (χ4n) is 3.01. The van der Waals surface area contributed by atoms with E-state index in [4.69, 9.17) is 20.6 Å². The largest absolute Gasteiger partial charge is 0.495 e. The minimum atomic E-state index is -0.710. The summed E-state index contributed by atoms with van der Waals surface area (Å²) in [4.78, 5) is 38.4. The zero-order chi connectivity index (χ0) is 24.0. The van der Waals surface area contributed by atoms with Crippen molar-refractivity contribution in [2.45, 2.75) is 0 Å². The lowest BCUT2D eigenvalue weighted by molar-refractivity contribution is -0.127. The monoisotopic (exact) mass is 513 g/mol. The molecule has 10 heteroatoms. The molecule has 0 atom stereocenters. The van der Waals surface area contributed by atoms with Crippen LogP contribution >= 0.6 is 15.9 Å². The minimum absolute atomic E-state index is 0.00476. The Hall–Kier alpha value is -3.97. The third-order valence-corrected chi connectivity index (χ3v) is 5.23. The molecule has 33 heavy (non-hydrogen) atoms. The van der Waals surface area contributed by atoms with E-state index in [0.717, 1.165) is 4.90 Å². The van der Waals surface area contributed by atoms with Crippen molar-refractivity contribution < 1.29 is 28.6 Å². The summed E-state index contributed by atoms with van der Waals surface area (Å²) in [5, 5.41) is 5.11. The number of hydrogen-bond acceptors (Lipinski definition) is 6. The number of halogens is 1. The third-order valence-electron chi connectivity index (χ3n) is 4.54. The normalized spacial score (nSPS) is 14.0. The molecule has 1 saturated heterocycles. The van der Waals surface area contributed by atoms with Gasteiger partial charge in [-0.3, -0.25) is 9.59 Å². The van der Waals surface area contributed by atoms with Gasteiger partial charge in [-0.25, -0.2) is 9.69 Å². The van der Waals surface area contributed by atoms with Gasteiger partial charge in [-0.2, -0.15) is 0 Å². The van der Waals surface area contributed by atoms with Crippen molar-refractivity contribution in [3.8, 4) is 29.6 Å². The van der Waals surface area contributed by atoms with Crippen LogP contribution in [0.1, 0.15) is 5.56 Å². The summed E-state index contributed by atoms with van der Waals surface area (Å²) < 4.78 is 16.5. The molecule has 2 aromatic carbocycles.